The van der Waals surface area contributed by atoms with Crippen molar-refractivity contribution in [2.75, 3.05) is 23.9 Å². The van der Waals surface area contributed by atoms with Crippen LogP contribution in [0.1, 0.15) is 10.4 Å². The van der Waals surface area contributed by atoms with Crippen LogP contribution in [0.25, 0.3) is 0 Å². The van der Waals surface area contributed by atoms with Crippen molar-refractivity contribution in [3.05, 3.63) is 23.8 Å². The van der Waals surface area contributed by atoms with Gasteiger partial charge in [-0.3, -0.25) is 4.21 Å². The first-order chi connectivity index (χ1) is 8.90. The van der Waals surface area contributed by atoms with E-state index in [4.69, 9.17) is 5.11 Å². The molecule has 0 radical (unpaired) electrons. The minimum Gasteiger partial charge on any atom is -0.508 e. The number of nitrogens with one attached hydrogen (secondary N) is 2. The largest absolute Gasteiger partial charge is 0.508 e. The van der Waals surface area contributed by atoms with Crippen LogP contribution in [0.4, 0.5) is 10.5 Å². The van der Waals surface area contributed by atoms with Crippen LogP contribution in [0, 0.1) is 0 Å². The summed E-state index contributed by atoms with van der Waals surface area (Å²) in [5.74, 6) is -1.15. The molecule has 0 bridgehead atoms. The summed E-state index contributed by atoms with van der Waals surface area (Å²) in [5, 5.41) is 22.9. The molecule has 0 fully saturated rings. The molecule has 1 aromatic rings. The lowest BCUT2D eigenvalue weighted by Gasteiger charge is -2.09. The summed E-state index contributed by atoms with van der Waals surface area (Å²) in [6, 6.07) is 3.00. The number of hydrogen-bond acceptors (Lipinski definition) is 4. The van der Waals surface area contributed by atoms with E-state index in [0.29, 0.717) is 5.75 Å². The molecule has 8 heteroatoms. The third-order valence-electron chi connectivity index (χ3n) is 2.16. The molecule has 104 valence electrons. The smallest absolute Gasteiger partial charge is 0.337 e. The molecule has 0 aromatic heterocycles. The summed E-state index contributed by atoms with van der Waals surface area (Å²) in [6.45, 7) is 0.218. The van der Waals surface area contributed by atoms with Gasteiger partial charge in [0.15, 0.2) is 0 Å². The molecule has 19 heavy (non-hydrogen) atoms. The predicted molar refractivity (Wildman–Crippen MR) is 71.0 cm³/mol. The Morgan fingerprint density at radius 1 is 1.37 bits per heavy atom. The molecule has 0 aliphatic heterocycles. The van der Waals surface area contributed by atoms with Crippen LogP contribution in [0.5, 0.6) is 5.75 Å². The van der Waals surface area contributed by atoms with E-state index < -0.39 is 22.8 Å². The Balaban J connectivity index is 2.68. The fourth-order valence-corrected chi connectivity index (χ4v) is 1.68. The van der Waals surface area contributed by atoms with Crippen molar-refractivity contribution >= 4 is 28.5 Å². The van der Waals surface area contributed by atoms with Gasteiger partial charge in [-0.25, -0.2) is 9.59 Å². The highest BCUT2D eigenvalue weighted by atomic mass is 32.2. The zero-order chi connectivity index (χ0) is 14.4. The molecule has 1 unspecified atom stereocenters. The first-order valence-electron chi connectivity index (χ1n) is 5.31. The number of anilines is 1. The molecule has 0 saturated carbocycles. The maximum atomic E-state index is 11.5. The number of urea groups is 1. The van der Waals surface area contributed by atoms with Gasteiger partial charge >= 0.3 is 12.0 Å². The summed E-state index contributed by atoms with van der Waals surface area (Å²) >= 11 is 0. The number of phenols is 1. The van der Waals surface area contributed by atoms with Crippen molar-refractivity contribution in [3.63, 3.8) is 0 Å². The van der Waals surface area contributed by atoms with Gasteiger partial charge in [0.05, 0.1) is 11.3 Å². The Labute approximate surface area is 112 Å². The van der Waals surface area contributed by atoms with Gasteiger partial charge in [-0.05, 0) is 18.2 Å². The number of carboxylic acid groups (broad SMARTS) is 1. The van der Waals surface area contributed by atoms with Crippen molar-refractivity contribution in [2.45, 2.75) is 0 Å². The van der Waals surface area contributed by atoms with E-state index in [2.05, 4.69) is 10.6 Å². The monoisotopic (exact) mass is 286 g/mol. The van der Waals surface area contributed by atoms with Crippen LogP contribution in [0.3, 0.4) is 0 Å². The minimum atomic E-state index is -1.26. The number of rotatable bonds is 5. The first-order valence-corrected chi connectivity index (χ1v) is 7.04. The van der Waals surface area contributed by atoms with E-state index in [1.54, 1.807) is 0 Å². The van der Waals surface area contributed by atoms with Gasteiger partial charge < -0.3 is 20.8 Å². The second kappa shape index (κ2) is 6.74. The summed E-state index contributed by atoms with van der Waals surface area (Å²) in [7, 11) is -1.01. The number of carbonyl (C=O) groups is 2. The second-order valence-electron chi connectivity index (χ2n) is 3.69. The summed E-state index contributed by atoms with van der Waals surface area (Å²) in [4.78, 5) is 22.4. The number of amides is 2. The molecule has 0 saturated heterocycles. The van der Waals surface area contributed by atoms with Crippen molar-refractivity contribution in [3.8, 4) is 5.75 Å². The molecule has 0 heterocycles. The maximum absolute atomic E-state index is 11.5. The lowest BCUT2D eigenvalue weighted by Crippen LogP contribution is -2.32. The average Bonchev–Trinajstić information content (AvgIpc) is 2.30. The fourth-order valence-electron chi connectivity index (χ4n) is 1.29. The normalized spacial score (nSPS) is 11.6. The van der Waals surface area contributed by atoms with Crippen molar-refractivity contribution in [1.82, 2.24) is 5.32 Å². The highest BCUT2D eigenvalue weighted by Gasteiger charge is 2.13. The van der Waals surface area contributed by atoms with Crippen molar-refractivity contribution in [1.29, 1.82) is 0 Å². The fraction of sp³-hybridized carbons (Fsp3) is 0.273. The Kier molecular flexibility index (Phi) is 5.31. The van der Waals surface area contributed by atoms with Gasteiger partial charge in [-0.1, -0.05) is 0 Å². The van der Waals surface area contributed by atoms with Crippen LogP contribution >= 0.6 is 0 Å². The summed E-state index contributed by atoms with van der Waals surface area (Å²) < 4.78 is 10.8. The summed E-state index contributed by atoms with van der Waals surface area (Å²) in [5.41, 5.74) is -0.144. The van der Waals surface area contributed by atoms with Crippen LogP contribution in [0.2, 0.25) is 0 Å². The molecular weight excluding hydrogens is 272 g/mol. The summed E-state index contributed by atoms with van der Waals surface area (Å²) in [6.07, 6.45) is 1.52. The molecule has 7 nitrogen and oxygen atoms in total. The van der Waals surface area contributed by atoms with Gasteiger partial charge in [0.2, 0.25) is 0 Å². The van der Waals surface area contributed by atoms with Gasteiger partial charge in [0.25, 0.3) is 0 Å². The molecule has 1 atom stereocenters. The third-order valence-corrected chi connectivity index (χ3v) is 2.94. The molecule has 2 amide bonds. The SMILES string of the molecule is CS(=O)CCNC(=O)Nc1ccc(O)cc1C(=O)O. The third kappa shape index (κ3) is 4.96. The van der Waals surface area contributed by atoms with Crippen LogP contribution < -0.4 is 10.6 Å². The zero-order valence-corrected chi connectivity index (χ0v) is 11.0. The topological polar surface area (TPSA) is 116 Å². The number of benzene rings is 1. The second-order valence-corrected chi connectivity index (χ2v) is 5.25. The maximum Gasteiger partial charge on any atom is 0.337 e. The van der Waals surface area contributed by atoms with Crippen LogP contribution in [-0.2, 0) is 10.8 Å². The van der Waals surface area contributed by atoms with Gasteiger partial charge in [0, 0.05) is 29.4 Å². The van der Waals surface area contributed by atoms with E-state index in [1.807, 2.05) is 0 Å². The number of carboxylic acids is 1. The molecule has 4 N–H and O–H groups in total. The Morgan fingerprint density at radius 2 is 2.05 bits per heavy atom. The zero-order valence-electron chi connectivity index (χ0n) is 10.2. The highest BCUT2D eigenvalue weighted by molar-refractivity contribution is 7.84. The van der Waals surface area contributed by atoms with Crippen LogP contribution in [-0.4, -0.2) is 45.0 Å². The van der Waals surface area contributed by atoms with E-state index in [9.17, 15) is 18.9 Å². The van der Waals surface area contributed by atoms with E-state index in [0.717, 1.165) is 6.07 Å². The van der Waals surface area contributed by atoms with Crippen LogP contribution in [0.15, 0.2) is 18.2 Å². The quantitative estimate of drug-likeness (QED) is 0.591. The lowest BCUT2D eigenvalue weighted by atomic mass is 10.1. The van der Waals surface area contributed by atoms with Crippen molar-refractivity contribution in [2.24, 2.45) is 0 Å². The molecule has 0 aliphatic carbocycles. The number of aromatic carboxylic acids is 1. The number of phenolic OH excluding ortho intramolecular Hbond substituents is 1. The van der Waals surface area contributed by atoms with E-state index >= 15 is 0 Å². The number of hydrogen-bond donors (Lipinski definition) is 4. The Hall–Kier alpha value is -2.09. The van der Waals surface area contributed by atoms with Crippen molar-refractivity contribution < 1.29 is 24.0 Å². The molecule has 1 aromatic carbocycles. The molecule has 0 spiro atoms. The van der Waals surface area contributed by atoms with Gasteiger partial charge in [0.1, 0.15) is 5.75 Å². The highest BCUT2D eigenvalue weighted by Crippen LogP contribution is 2.21. The molecular formula is C11H14N2O5S. The Bertz CT molecular complexity index is 518. The minimum absolute atomic E-state index is 0.0698. The first kappa shape index (κ1) is 15.0. The van der Waals surface area contributed by atoms with Gasteiger partial charge in [-0.2, -0.15) is 0 Å². The molecule has 0 aliphatic rings. The average molecular weight is 286 g/mol. The standard InChI is InChI=1S/C11H14N2O5S/c1-19(18)5-4-12-11(17)13-9-3-2-7(14)6-8(9)10(15)16/h2-3,6,14H,4-5H2,1H3,(H,15,16)(H2,12,13,17). The number of aromatic hydroxyl groups is 1. The van der Waals surface area contributed by atoms with E-state index in [1.165, 1.54) is 18.4 Å². The van der Waals surface area contributed by atoms with Gasteiger partial charge in [-0.15, -0.1) is 0 Å². The number of carbonyl (C=O) groups excluding carboxylic acids is 1. The lowest BCUT2D eigenvalue weighted by molar-refractivity contribution is 0.0697. The predicted octanol–water partition coefficient (Wildman–Crippen LogP) is 0.590. The molecule has 1 rings (SSSR count). The van der Waals surface area contributed by atoms with E-state index in [-0.39, 0.29) is 23.5 Å². The Morgan fingerprint density at radius 3 is 2.63 bits per heavy atom.